The van der Waals surface area contributed by atoms with E-state index in [9.17, 15) is 14.9 Å². The lowest BCUT2D eigenvalue weighted by Gasteiger charge is -2.11. The molecule has 8 heteroatoms. The number of nitro benzene ring substituents is 1. The molecule has 1 amide bonds. The Morgan fingerprint density at radius 3 is 2.84 bits per heavy atom. The fourth-order valence-corrected chi connectivity index (χ4v) is 3.32. The van der Waals surface area contributed by atoms with Gasteiger partial charge in [0.1, 0.15) is 0 Å². The highest BCUT2D eigenvalue weighted by Gasteiger charge is 2.32. The molecule has 126 valence electrons. The van der Waals surface area contributed by atoms with Gasteiger partial charge in [0.15, 0.2) is 11.0 Å². The maximum atomic E-state index is 12.6. The molecule has 1 aliphatic heterocycles. The molecule has 3 rings (SSSR count). The lowest BCUT2D eigenvalue weighted by molar-refractivity contribution is -0.384. The molecule has 0 radical (unpaired) electrons. The van der Waals surface area contributed by atoms with Crippen LogP contribution < -0.4 is 0 Å². The predicted molar refractivity (Wildman–Crippen MR) is 97.4 cm³/mol. The Hall–Kier alpha value is -3.00. The first-order valence-corrected chi connectivity index (χ1v) is 8.35. The first-order valence-electron chi connectivity index (χ1n) is 7.54. The largest absolute Gasteiger partial charge is 0.287 e. The summed E-state index contributed by atoms with van der Waals surface area (Å²) in [5, 5.41) is 11.4. The molecule has 2 heterocycles. The molecule has 0 bridgehead atoms. The number of likely N-dealkylation sites (N-methyl/N-ethyl adjacent to an activating group) is 1. The third-order valence-electron chi connectivity index (χ3n) is 3.44. The van der Waals surface area contributed by atoms with Gasteiger partial charge in [0.2, 0.25) is 0 Å². The average Bonchev–Trinajstić information content (AvgIpc) is 2.90. The van der Waals surface area contributed by atoms with Gasteiger partial charge in [0.25, 0.3) is 11.6 Å². The van der Waals surface area contributed by atoms with Crippen molar-refractivity contribution >= 4 is 40.4 Å². The SMILES string of the molecule is CCN1C(=O)/C(=C/c2cccc([N+](=O)[O-])c2)S/C1=N/c1ccccn1. The van der Waals surface area contributed by atoms with Crippen LogP contribution in [-0.4, -0.2) is 32.4 Å². The van der Waals surface area contributed by atoms with Crippen LogP contribution in [0.1, 0.15) is 12.5 Å². The van der Waals surface area contributed by atoms with E-state index in [4.69, 9.17) is 0 Å². The summed E-state index contributed by atoms with van der Waals surface area (Å²) in [6.07, 6.45) is 3.28. The van der Waals surface area contributed by atoms with Crippen molar-refractivity contribution in [2.45, 2.75) is 6.92 Å². The summed E-state index contributed by atoms with van der Waals surface area (Å²) >= 11 is 1.23. The molecular formula is C17H14N4O3S. The second-order valence-electron chi connectivity index (χ2n) is 5.09. The highest BCUT2D eigenvalue weighted by Crippen LogP contribution is 2.33. The number of aromatic nitrogens is 1. The molecule has 1 aromatic heterocycles. The van der Waals surface area contributed by atoms with Gasteiger partial charge in [-0.15, -0.1) is 0 Å². The van der Waals surface area contributed by atoms with Gasteiger partial charge in [0.05, 0.1) is 9.83 Å². The summed E-state index contributed by atoms with van der Waals surface area (Å²) in [6, 6.07) is 11.5. The first kappa shape index (κ1) is 16.8. The van der Waals surface area contributed by atoms with E-state index >= 15 is 0 Å². The van der Waals surface area contributed by atoms with Crippen molar-refractivity contribution in [3.63, 3.8) is 0 Å². The van der Waals surface area contributed by atoms with E-state index in [0.717, 1.165) is 0 Å². The Labute approximate surface area is 148 Å². The second kappa shape index (κ2) is 7.27. The van der Waals surface area contributed by atoms with Gasteiger partial charge in [-0.05, 0) is 42.5 Å². The molecule has 0 spiro atoms. The number of carbonyl (C=O) groups is 1. The zero-order valence-corrected chi connectivity index (χ0v) is 14.1. The van der Waals surface area contributed by atoms with Gasteiger partial charge in [-0.2, -0.15) is 0 Å². The monoisotopic (exact) mass is 354 g/mol. The van der Waals surface area contributed by atoms with E-state index in [-0.39, 0.29) is 11.6 Å². The van der Waals surface area contributed by atoms with Gasteiger partial charge >= 0.3 is 0 Å². The van der Waals surface area contributed by atoms with Crippen LogP contribution in [0.2, 0.25) is 0 Å². The molecule has 2 aromatic rings. The molecule has 1 saturated heterocycles. The van der Waals surface area contributed by atoms with Crippen molar-refractivity contribution in [1.29, 1.82) is 0 Å². The number of benzene rings is 1. The van der Waals surface area contributed by atoms with Crippen LogP contribution in [0.25, 0.3) is 6.08 Å². The Balaban J connectivity index is 1.93. The minimum Gasteiger partial charge on any atom is -0.287 e. The number of amides is 1. The van der Waals surface area contributed by atoms with E-state index in [1.165, 1.54) is 23.9 Å². The normalized spacial score (nSPS) is 17.5. The summed E-state index contributed by atoms with van der Waals surface area (Å²) in [6.45, 7) is 2.34. The molecule has 1 aromatic carbocycles. The molecule has 0 N–H and O–H groups in total. The number of nitrogens with zero attached hydrogens (tertiary/aromatic N) is 4. The van der Waals surface area contributed by atoms with E-state index < -0.39 is 4.92 Å². The van der Waals surface area contributed by atoms with Crippen molar-refractivity contribution in [2.75, 3.05) is 6.54 Å². The van der Waals surface area contributed by atoms with Gasteiger partial charge in [-0.1, -0.05) is 18.2 Å². The van der Waals surface area contributed by atoms with Crippen LogP contribution in [0.3, 0.4) is 0 Å². The summed E-state index contributed by atoms with van der Waals surface area (Å²) in [5.74, 6) is 0.349. The highest BCUT2D eigenvalue weighted by atomic mass is 32.2. The van der Waals surface area contributed by atoms with Crippen LogP contribution in [-0.2, 0) is 4.79 Å². The predicted octanol–water partition coefficient (Wildman–Crippen LogP) is 3.61. The summed E-state index contributed by atoms with van der Waals surface area (Å²) < 4.78 is 0. The zero-order chi connectivity index (χ0) is 17.8. The van der Waals surface area contributed by atoms with Gasteiger partial charge in [-0.25, -0.2) is 9.98 Å². The molecule has 0 saturated carbocycles. The Kier molecular flexibility index (Phi) is 4.90. The Morgan fingerprint density at radius 1 is 1.32 bits per heavy atom. The summed E-state index contributed by atoms with van der Waals surface area (Å²) in [4.78, 5) is 33.6. The number of aliphatic imine (C=N–C) groups is 1. The van der Waals surface area contributed by atoms with Crippen LogP contribution in [0, 0.1) is 10.1 Å². The molecule has 1 fully saturated rings. The van der Waals surface area contributed by atoms with Crippen molar-refractivity contribution < 1.29 is 9.72 Å². The molecule has 7 nitrogen and oxygen atoms in total. The average molecular weight is 354 g/mol. The Morgan fingerprint density at radius 2 is 2.16 bits per heavy atom. The molecule has 25 heavy (non-hydrogen) atoms. The van der Waals surface area contributed by atoms with Gasteiger partial charge in [0, 0.05) is 24.9 Å². The van der Waals surface area contributed by atoms with Gasteiger partial charge in [-0.3, -0.25) is 19.8 Å². The minimum absolute atomic E-state index is 0.0143. The molecule has 0 atom stereocenters. The summed E-state index contributed by atoms with van der Waals surface area (Å²) in [7, 11) is 0. The molecule has 0 aliphatic carbocycles. The number of thioether (sulfide) groups is 1. The number of nitro groups is 1. The van der Waals surface area contributed by atoms with Crippen LogP contribution in [0.4, 0.5) is 11.5 Å². The zero-order valence-electron chi connectivity index (χ0n) is 13.3. The minimum atomic E-state index is -0.460. The number of non-ortho nitro benzene ring substituents is 1. The lowest BCUT2D eigenvalue weighted by atomic mass is 10.2. The van der Waals surface area contributed by atoms with Crippen LogP contribution >= 0.6 is 11.8 Å². The summed E-state index contributed by atoms with van der Waals surface area (Å²) in [5.41, 5.74) is 0.583. The first-order chi connectivity index (χ1) is 12.1. The molecular weight excluding hydrogens is 340 g/mol. The van der Waals surface area contributed by atoms with Crippen molar-refractivity contribution in [3.8, 4) is 0 Å². The van der Waals surface area contributed by atoms with E-state index in [1.807, 2.05) is 13.0 Å². The van der Waals surface area contributed by atoms with E-state index in [1.54, 1.807) is 41.4 Å². The van der Waals surface area contributed by atoms with Crippen molar-refractivity contribution in [3.05, 3.63) is 69.2 Å². The quantitative estimate of drug-likeness (QED) is 0.475. The van der Waals surface area contributed by atoms with E-state index in [2.05, 4.69) is 9.98 Å². The van der Waals surface area contributed by atoms with Crippen LogP contribution in [0.15, 0.2) is 58.6 Å². The third kappa shape index (κ3) is 3.74. The van der Waals surface area contributed by atoms with Crippen molar-refractivity contribution in [1.82, 2.24) is 9.88 Å². The second-order valence-corrected chi connectivity index (χ2v) is 6.10. The van der Waals surface area contributed by atoms with E-state index in [0.29, 0.717) is 28.0 Å². The Bertz CT molecular complexity index is 880. The smallest absolute Gasteiger partial charge is 0.270 e. The standard InChI is InChI=1S/C17H14N4O3S/c1-2-20-16(22)14(11-12-6-5-7-13(10-12)21(23)24)25-17(20)19-15-8-3-4-9-18-15/h3-11H,2H2,1H3/b14-11-,19-17+. The lowest BCUT2D eigenvalue weighted by Crippen LogP contribution is -2.28. The highest BCUT2D eigenvalue weighted by molar-refractivity contribution is 8.18. The fourth-order valence-electron chi connectivity index (χ4n) is 2.27. The third-order valence-corrected chi connectivity index (χ3v) is 4.45. The van der Waals surface area contributed by atoms with Crippen molar-refractivity contribution in [2.24, 2.45) is 4.99 Å². The fraction of sp³-hybridized carbons (Fsp3) is 0.118. The maximum Gasteiger partial charge on any atom is 0.270 e. The molecule has 0 unspecified atom stereocenters. The number of rotatable bonds is 4. The van der Waals surface area contributed by atoms with Crippen LogP contribution in [0.5, 0.6) is 0 Å². The maximum absolute atomic E-state index is 12.6. The number of hydrogen-bond acceptors (Lipinski definition) is 6. The molecule has 1 aliphatic rings. The number of hydrogen-bond donors (Lipinski definition) is 0. The number of pyridine rings is 1. The topological polar surface area (TPSA) is 88.7 Å². The number of carbonyl (C=O) groups excluding carboxylic acids is 1. The van der Waals surface area contributed by atoms with Gasteiger partial charge < -0.3 is 0 Å². The number of amidine groups is 1.